The minimum Gasteiger partial charge on any atom is -0.384 e. The molecular formula is C17H19FO. The molecule has 0 heterocycles. The fourth-order valence-electron chi connectivity index (χ4n) is 2.28. The Morgan fingerprint density at radius 1 is 0.895 bits per heavy atom. The van der Waals surface area contributed by atoms with Crippen LogP contribution < -0.4 is 0 Å². The Hall–Kier alpha value is -1.67. The van der Waals surface area contributed by atoms with Gasteiger partial charge in [-0.25, -0.2) is 4.39 Å². The topological polar surface area (TPSA) is 20.2 Å². The third kappa shape index (κ3) is 2.85. The zero-order valence-corrected chi connectivity index (χ0v) is 11.5. The molecule has 0 aliphatic heterocycles. The first kappa shape index (κ1) is 13.8. The predicted octanol–water partition coefficient (Wildman–Crippen LogP) is 4.20. The van der Waals surface area contributed by atoms with Gasteiger partial charge >= 0.3 is 0 Å². The second-order valence-corrected chi connectivity index (χ2v) is 5.76. The first-order valence-electron chi connectivity index (χ1n) is 6.43. The number of benzene rings is 2. The average molecular weight is 258 g/mol. The largest absolute Gasteiger partial charge is 0.384 e. The number of hydrogen-bond acceptors (Lipinski definition) is 1. The lowest BCUT2D eigenvalue weighted by Gasteiger charge is -2.25. The van der Waals surface area contributed by atoms with Crippen molar-refractivity contribution < 1.29 is 9.50 Å². The first-order valence-corrected chi connectivity index (χ1v) is 6.43. The fraction of sp³-hybridized carbons (Fsp3) is 0.294. The molecule has 0 saturated heterocycles. The van der Waals surface area contributed by atoms with E-state index in [2.05, 4.69) is 20.8 Å². The van der Waals surface area contributed by atoms with Crippen LogP contribution in [0, 0.1) is 5.82 Å². The summed E-state index contributed by atoms with van der Waals surface area (Å²) in [7, 11) is 0. The van der Waals surface area contributed by atoms with E-state index in [0.29, 0.717) is 5.56 Å². The molecule has 2 aromatic carbocycles. The van der Waals surface area contributed by atoms with Gasteiger partial charge in [-0.05, 0) is 22.6 Å². The summed E-state index contributed by atoms with van der Waals surface area (Å²) in [4.78, 5) is 0. The molecule has 2 heteroatoms. The molecule has 2 aromatic rings. The van der Waals surface area contributed by atoms with Gasteiger partial charge in [-0.15, -0.1) is 0 Å². The standard InChI is InChI=1S/C17H19FO/c1-17(2,3)14-10-6-4-8-12(14)16(19)13-9-5-7-11-15(13)18/h4-11,16,19H,1-3H3. The van der Waals surface area contributed by atoms with Crippen molar-refractivity contribution in [2.24, 2.45) is 0 Å². The maximum atomic E-state index is 13.8. The number of halogens is 1. The van der Waals surface area contributed by atoms with Crippen molar-refractivity contribution >= 4 is 0 Å². The van der Waals surface area contributed by atoms with E-state index in [1.165, 1.54) is 6.07 Å². The molecule has 1 nitrogen and oxygen atoms in total. The molecule has 1 unspecified atom stereocenters. The van der Waals surface area contributed by atoms with Gasteiger partial charge in [0.1, 0.15) is 11.9 Å². The molecule has 0 spiro atoms. The second kappa shape index (κ2) is 5.14. The minimum atomic E-state index is -0.934. The van der Waals surface area contributed by atoms with Crippen LogP contribution in [0.5, 0.6) is 0 Å². The highest BCUT2D eigenvalue weighted by molar-refractivity contribution is 5.39. The number of aliphatic hydroxyl groups excluding tert-OH is 1. The molecule has 0 radical (unpaired) electrons. The van der Waals surface area contributed by atoms with Gasteiger partial charge < -0.3 is 5.11 Å². The van der Waals surface area contributed by atoms with E-state index >= 15 is 0 Å². The van der Waals surface area contributed by atoms with Crippen molar-refractivity contribution in [1.82, 2.24) is 0 Å². The summed E-state index contributed by atoms with van der Waals surface area (Å²) >= 11 is 0. The van der Waals surface area contributed by atoms with Crippen LogP contribution in [0.25, 0.3) is 0 Å². The van der Waals surface area contributed by atoms with Crippen molar-refractivity contribution in [1.29, 1.82) is 0 Å². The third-order valence-electron chi connectivity index (χ3n) is 3.26. The zero-order valence-electron chi connectivity index (χ0n) is 11.5. The van der Waals surface area contributed by atoms with Crippen molar-refractivity contribution in [3.05, 3.63) is 71.0 Å². The van der Waals surface area contributed by atoms with Crippen LogP contribution in [0.15, 0.2) is 48.5 Å². The van der Waals surface area contributed by atoms with E-state index in [1.54, 1.807) is 18.2 Å². The molecule has 0 bridgehead atoms. The SMILES string of the molecule is CC(C)(C)c1ccccc1C(O)c1ccccc1F. The van der Waals surface area contributed by atoms with E-state index in [-0.39, 0.29) is 11.2 Å². The van der Waals surface area contributed by atoms with Crippen LogP contribution in [0.1, 0.15) is 43.6 Å². The van der Waals surface area contributed by atoms with Gasteiger partial charge in [0, 0.05) is 5.56 Å². The van der Waals surface area contributed by atoms with Gasteiger partial charge in [0.2, 0.25) is 0 Å². The van der Waals surface area contributed by atoms with Gasteiger partial charge in [0.25, 0.3) is 0 Å². The molecule has 1 N–H and O–H groups in total. The van der Waals surface area contributed by atoms with Gasteiger partial charge in [-0.2, -0.15) is 0 Å². The quantitative estimate of drug-likeness (QED) is 0.855. The zero-order chi connectivity index (χ0) is 14.0. The van der Waals surface area contributed by atoms with Crippen molar-refractivity contribution in [3.8, 4) is 0 Å². The minimum absolute atomic E-state index is 0.0944. The predicted molar refractivity (Wildman–Crippen MR) is 75.6 cm³/mol. The lowest BCUT2D eigenvalue weighted by atomic mass is 9.81. The van der Waals surface area contributed by atoms with Crippen LogP contribution in [0.3, 0.4) is 0 Å². The number of aliphatic hydroxyl groups is 1. The monoisotopic (exact) mass is 258 g/mol. The second-order valence-electron chi connectivity index (χ2n) is 5.76. The maximum absolute atomic E-state index is 13.8. The summed E-state index contributed by atoms with van der Waals surface area (Å²) in [6.07, 6.45) is -0.934. The normalized spacial score (nSPS) is 13.3. The summed E-state index contributed by atoms with van der Waals surface area (Å²) in [5.74, 6) is -0.376. The molecule has 0 aliphatic rings. The van der Waals surface area contributed by atoms with E-state index in [4.69, 9.17) is 0 Å². The molecule has 0 saturated carbocycles. The summed E-state index contributed by atoms with van der Waals surface area (Å²) in [5, 5.41) is 10.5. The smallest absolute Gasteiger partial charge is 0.129 e. The molecule has 0 aliphatic carbocycles. The Labute approximate surface area is 113 Å². The van der Waals surface area contributed by atoms with Crippen LogP contribution in [-0.2, 0) is 5.41 Å². The fourth-order valence-corrected chi connectivity index (χ4v) is 2.28. The van der Waals surface area contributed by atoms with E-state index in [1.807, 2.05) is 24.3 Å². The third-order valence-corrected chi connectivity index (χ3v) is 3.26. The van der Waals surface area contributed by atoms with Crippen molar-refractivity contribution in [2.45, 2.75) is 32.3 Å². The number of rotatable bonds is 2. The Bertz CT molecular complexity index is 569. The lowest BCUT2D eigenvalue weighted by molar-refractivity contribution is 0.212. The van der Waals surface area contributed by atoms with E-state index in [9.17, 15) is 9.50 Å². The maximum Gasteiger partial charge on any atom is 0.129 e. The Kier molecular flexibility index (Phi) is 3.72. The van der Waals surface area contributed by atoms with Crippen molar-refractivity contribution in [3.63, 3.8) is 0 Å². The van der Waals surface area contributed by atoms with Crippen LogP contribution in [0.2, 0.25) is 0 Å². The summed E-state index contributed by atoms with van der Waals surface area (Å²) in [6.45, 7) is 6.25. The molecule has 2 rings (SSSR count). The molecular weight excluding hydrogens is 239 g/mol. The van der Waals surface area contributed by atoms with Gasteiger partial charge in [0.05, 0.1) is 0 Å². The molecule has 19 heavy (non-hydrogen) atoms. The Balaban J connectivity index is 2.51. The first-order chi connectivity index (χ1) is 8.91. The molecule has 100 valence electrons. The highest BCUT2D eigenvalue weighted by Crippen LogP contribution is 2.33. The molecule has 0 amide bonds. The summed E-state index contributed by atoms with van der Waals surface area (Å²) < 4.78 is 13.8. The summed E-state index contributed by atoms with van der Waals surface area (Å²) in [5.41, 5.74) is 2.02. The van der Waals surface area contributed by atoms with Gasteiger partial charge in [0.15, 0.2) is 0 Å². The molecule has 0 aromatic heterocycles. The van der Waals surface area contributed by atoms with Crippen LogP contribution in [0.4, 0.5) is 4.39 Å². The van der Waals surface area contributed by atoms with Gasteiger partial charge in [-0.3, -0.25) is 0 Å². The van der Waals surface area contributed by atoms with E-state index in [0.717, 1.165) is 11.1 Å². The van der Waals surface area contributed by atoms with Crippen LogP contribution in [-0.4, -0.2) is 5.11 Å². The van der Waals surface area contributed by atoms with Crippen molar-refractivity contribution in [2.75, 3.05) is 0 Å². The Morgan fingerprint density at radius 2 is 1.42 bits per heavy atom. The highest BCUT2D eigenvalue weighted by atomic mass is 19.1. The molecule has 1 atom stereocenters. The summed E-state index contributed by atoms with van der Waals surface area (Å²) in [6, 6.07) is 14.0. The van der Waals surface area contributed by atoms with Gasteiger partial charge in [-0.1, -0.05) is 63.2 Å². The molecule has 0 fully saturated rings. The average Bonchev–Trinajstić information content (AvgIpc) is 2.37. The lowest BCUT2D eigenvalue weighted by Crippen LogP contribution is -2.17. The Morgan fingerprint density at radius 3 is 2.00 bits per heavy atom. The number of hydrogen-bond donors (Lipinski definition) is 1. The van der Waals surface area contributed by atoms with Crippen LogP contribution >= 0.6 is 0 Å². The van der Waals surface area contributed by atoms with E-state index < -0.39 is 6.10 Å². The highest BCUT2D eigenvalue weighted by Gasteiger charge is 2.23.